The van der Waals surface area contributed by atoms with Crippen LogP contribution < -0.4 is 5.32 Å². The molecule has 0 spiro atoms. The molecule has 106 valence electrons. The van der Waals surface area contributed by atoms with E-state index in [1.807, 2.05) is 0 Å². The average molecular weight is 267 g/mol. The highest BCUT2D eigenvalue weighted by Crippen LogP contribution is 2.41. The number of alkyl halides is 3. The number of carbonyl (C=O) groups excluding carboxylic acids is 1. The van der Waals surface area contributed by atoms with Gasteiger partial charge in [0.05, 0.1) is 6.54 Å². The molecule has 6 heteroatoms. The van der Waals surface area contributed by atoms with Crippen LogP contribution in [0.25, 0.3) is 0 Å². The SMILES string of the molecule is CC(C)(C(=O)NC[C@@](C)(O)C(F)(F)F)C1CCC1. The van der Waals surface area contributed by atoms with E-state index >= 15 is 0 Å². The van der Waals surface area contributed by atoms with Crippen LogP contribution in [0.5, 0.6) is 0 Å². The number of halogens is 3. The zero-order valence-electron chi connectivity index (χ0n) is 10.9. The molecule has 0 unspecified atom stereocenters. The van der Waals surface area contributed by atoms with Crippen molar-refractivity contribution < 1.29 is 23.1 Å². The molecule has 0 aromatic rings. The Morgan fingerprint density at radius 2 is 1.78 bits per heavy atom. The van der Waals surface area contributed by atoms with Crippen LogP contribution >= 0.6 is 0 Å². The summed E-state index contributed by atoms with van der Waals surface area (Å²) in [4.78, 5) is 11.9. The Hall–Kier alpha value is -0.780. The number of nitrogens with one attached hydrogen (secondary N) is 1. The van der Waals surface area contributed by atoms with Gasteiger partial charge in [-0.15, -0.1) is 0 Å². The smallest absolute Gasteiger partial charge is 0.379 e. The fourth-order valence-corrected chi connectivity index (χ4v) is 1.90. The normalized spacial score (nSPS) is 21.1. The van der Waals surface area contributed by atoms with E-state index in [9.17, 15) is 23.1 Å². The second-order valence-corrected chi connectivity index (χ2v) is 5.80. The molecule has 0 radical (unpaired) electrons. The fourth-order valence-electron chi connectivity index (χ4n) is 1.90. The van der Waals surface area contributed by atoms with Gasteiger partial charge in [0.1, 0.15) is 0 Å². The molecule has 0 aromatic carbocycles. The number of aliphatic hydroxyl groups is 1. The molecule has 2 N–H and O–H groups in total. The van der Waals surface area contributed by atoms with E-state index in [0.29, 0.717) is 6.92 Å². The van der Waals surface area contributed by atoms with E-state index in [0.717, 1.165) is 19.3 Å². The largest absolute Gasteiger partial charge is 0.418 e. The predicted octanol–water partition coefficient (Wildman–Crippen LogP) is 2.24. The summed E-state index contributed by atoms with van der Waals surface area (Å²) in [5.41, 5.74) is -3.57. The molecule has 18 heavy (non-hydrogen) atoms. The molecule has 0 aromatic heterocycles. The summed E-state index contributed by atoms with van der Waals surface area (Å²) in [6, 6.07) is 0. The molecule has 0 saturated heterocycles. The standard InChI is InChI=1S/C12H20F3NO2/c1-10(2,8-5-4-6-8)9(17)16-7-11(3,18)12(13,14)15/h8,18H,4-7H2,1-3H3,(H,16,17)/t11-/m1/s1. The number of hydrogen-bond donors (Lipinski definition) is 2. The summed E-state index contributed by atoms with van der Waals surface area (Å²) in [5, 5.41) is 11.4. The molecular formula is C12H20F3NO2. The number of rotatable bonds is 4. The minimum atomic E-state index is -4.75. The predicted molar refractivity (Wildman–Crippen MR) is 60.8 cm³/mol. The average Bonchev–Trinajstić information content (AvgIpc) is 2.08. The number of hydrogen-bond acceptors (Lipinski definition) is 2. The van der Waals surface area contributed by atoms with Gasteiger partial charge in [0.2, 0.25) is 5.91 Å². The number of carbonyl (C=O) groups is 1. The summed E-state index contributed by atoms with van der Waals surface area (Å²) in [6.07, 6.45) is -1.84. The van der Waals surface area contributed by atoms with E-state index in [4.69, 9.17) is 0 Å². The lowest BCUT2D eigenvalue weighted by molar-refractivity contribution is -0.250. The van der Waals surface area contributed by atoms with Gasteiger partial charge in [-0.05, 0) is 25.7 Å². The highest BCUT2D eigenvalue weighted by Gasteiger charge is 2.50. The Labute approximate surface area is 105 Å². The first kappa shape index (κ1) is 15.3. The van der Waals surface area contributed by atoms with Crippen molar-refractivity contribution in [3.05, 3.63) is 0 Å². The van der Waals surface area contributed by atoms with Crippen molar-refractivity contribution in [2.24, 2.45) is 11.3 Å². The Morgan fingerprint density at radius 1 is 1.28 bits per heavy atom. The van der Waals surface area contributed by atoms with Crippen molar-refractivity contribution in [2.75, 3.05) is 6.54 Å². The second kappa shape index (κ2) is 4.72. The fraction of sp³-hybridized carbons (Fsp3) is 0.917. The monoisotopic (exact) mass is 267 g/mol. The molecule has 0 aliphatic heterocycles. The zero-order valence-corrected chi connectivity index (χ0v) is 10.9. The van der Waals surface area contributed by atoms with Crippen molar-refractivity contribution in [3.8, 4) is 0 Å². The third-order valence-electron chi connectivity index (χ3n) is 3.91. The van der Waals surface area contributed by atoms with Crippen molar-refractivity contribution in [3.63, 3.8) is 0 Å². The molecule has 1 aliphatic carbocycles. The van der Waals surface area contributed by atoms with Crippen LogP contribution in [-0.2, 0) is 4.79 Å². The summed E-state index contributed by atoms with van der Waals surface area (Å²) < 4.78 is 37.2. The zero-order chi connectivity index (χ0) is 14.2. The van der Waals surface area contributed by atoms with E-state index in [1.54, 1.807) is 13.8 Å². The van der Waals surface area contributed by atoms with Crippen LogP contribution in [0, 0.1) is 11.3 Å². The molecule has 1 rings (SSSR count). The van der Waals surface area contributed by atoms with Crippen molar-refractivity contribution in [1.82, 2.24) is 5.32 Å². The van der Waals surface area contributed by atoms with E-state index in [-0.39, 0.29) is 5.92 Å². The minimum Gasteiger partial charge on any atom is -0.379 e. The lowest BCUT2D eigenvalue weighted by Crippen LogP contribution is -2.54. The van der Waals surface area contributed by atoms with Crippen LogP contribution in [-0.4, -0.2) is 29.3 Å². The summed E-state index contributed by atoms with van der Waals surface area (Å²) in [5.74, 6) is -0.218. The molecule has 1 amide bonds. The molecule has 1 atom stereocenters. The quantitative estimate of drug-likeness (QED) is 0.820. The van der Waals surface area contributed by atoms with Crippen LogP contribution in [0.1, 0.15) is 40.0 Å². The Morgan fingerprint density at radius 3 is 2.11 bits per heavy atom. The molecule has 0 bridgehead atoms. The van der Waals surface area contributed by atoms with Crippen molar-refractivity contribution in [1.29, 1.82) is 0 Å². The van der Waals surface area contributed by atoms with Crippen molar-refractivity contribution in [2.45, 2.75) is 51.8 Å². The summed E-state index contributed by atoms with van der Waals surface area (Å²) >= 11 is 0. The van der Waals surface area contributed by atoms with Gasteiger partial charge in [0.25, 0.3) is 0 Å². The van der Waals surface area contributed by atoms with Gasteiger partial charge >= 0.3 is 6.18 Å². The topological polar surface area (TPSA) is 49.3 Å². The van der Waals surface area contributed by atoms with Gasteiger partial charge < -0.3 is 10.4 Å². The molecule has 1 fully saturated rings. The summed E-state index contributed by atoms with van der Waals surface area (Å²) in [6.45, 7) is 3.30. The van der Waals surface area contributed by atoms with Gasteiger partial charge in [-0.1, -0.05) is 20.3 Å². The molecule has 1 saturated carbocycles. The minimum absolute atomic E-state index is 0.216. The highest BCUT2D eigenvalue weighted by molar-refractivity contribution is 5.82. The molecule has 1 aliphatic rings. The Balaban J connectivity index is 2.55. The molecule has 3 nitrogen and oxygen atoms in total. The van der Waals surface area contributed by atoms with Gasteiger partial charge in [0, 0.05) is 5.41 Å². The Kier molecular flexibility index (Phi) is 4.00. The van der Waals surface area contributed by atoms with E-state index in [1.165, 1.54) is 0 Å². The van der Waals surface area contributed by atoms with Crippen LogP contribution in [0.4, 0.5) is 13.2 Å². The highest BCUT2D eigenvalue weighted by atomic mass is 19.4. The third-order valence-corrected chi connectivity index (χ3v) is 3.91. The van der Waals surface area contributed by atoms with Crippen LogP contribution in [0.15, 0.2) is 0 Å². The first-order valence-corrected chi connectivity index (χ1v) is 6.06. The molecular weight excluding hydrogens is 247 g/mol. The van der Waals surface area contributed by atoms with E-state index in [2.05, 4.69) is 5.32 Å². The van der Waals surface area contributed by atoms with Gasteiger partial charge in [-0.2, -0.15) is 13.2 Å². The van der Waals surface area contributed by atoms with Crippen LogP contribution in [0.2, 0.25) is 0 Å². The Bertz CT molecular complexity index is 320. The van der Waals surface area contributed by atoms with Gasteiger partial charge in [-0.25, -0.2) is 0 Å². The first-order valence-electron chi connectivity index (χ1n) is 6.06. The van der Waals surface area contributed by atoms with Gasteiger partial charge in [-0.3, -0.25) is 4.79 Å². The maximum atomic E-state index is 12.4. The van der Waals surface area contributed by atoms with Gasteiger partial charge in [0.15, 0.2) is 5.60 Å². The van der Waals surface area contributed by atoms with Crippen molar-refractivity contribution >= 4 is 5.91 Å². The lowest BCUT2D eigenvalue weighted by Gasteiger charge is -2.39. The maximum Gasteiger partial charge on any atom is 0.418 e. The molecule has 0 heterocycles. The summed E-state index contributed by atoms with van der Waals surface area (Å²) in [7, 11) is 0. The lowest BCUT2D eigenvalue weighted by atomic mass is 9.67. The second-order valence-electron chi connectivity index (χ2n) is 5.80. The third kappa shape index (κ3) is 2.96. The first-order chi connectivity index (χ1) is 7.98. The number of amides is 1. The van der Waals surface area contributed by atoms with E-state index < -0.39 is 29.6 Å². The van der Waals surface area contributed by atoms with Crippen LogP contribution in [0.3, 0.4) is 0 Å². The maximum absolute atomic E-state index is 12.4.